The van der Waals surface area contributed by atoms with Crippen LogP contribution in [0.4, 0.5) is 0 Å². The second-order valence-electron chi connectivity index (χ2n) is 6.37. The fraction of sp³-hybridized carbons (Fsp3) is 0.500. The number of nitrogens with zero attached hydrogens (tertiary/aromatic N) is 3. The highest BCUT2D eigenvalue weighted by atomic mass is 35.5. The first-order chi connectivity index (χ1) is 13.0. The summed E-state index contributed by atoms with van der Waals surface area (Å²) in [6, 6.07) is 7.94. The Kier molecular flexibility index (Phi) is 8.61. The molecule has 0 aliphatic rings. The summed E-state index contributed by atoms with van der Waals surface area (Å²) in [5.74, 6) is 0.808. The third-order valence-corrected chi connectivity index (χ3v) is 4.61. The number of benzene rings is 1. The number of rotatable bonds is 9. The molecule has 7 heteroatoms. The fourth-order valence-electron chi connectivity index (χ4n) is 2.88. The van der Waals surface area contributed by atoms with E-state index in [0.29, 0.717) is 13.2 Å². The van der Waals surface area contributed by atoms with Crippen molar-refractivity contribution >= 4 is 17.6 Å². The third-order valence-electron chi connectivity index (χ3n) is 4.37. The maximum atomic E-state index is 6.04. The fourth-order valence-corrected chi connectivity index (χ4v) is 3.09. The highest BCUT2D eigenvalue weighted by Crippen LogP contribution is 2.14. The molecular weight excluding hydrogens is 362 g/mol. The molecule has 0 atom stereocenters. The Labute approximate surface area is 167 Å². The summed E-state index contributed by atoms with van der Waals surface area (Å²) in [7, 11) is 1.70. The smallest absolute Gasteiger partial charge is 0.191 e. The molecule has 0 bridgehead atoms. The first-order valence-electron chi connectivity index (χ1n) is 9.33. The van der Waals surface area contributed by atoms with Crippen LogP contribution in [0.5, 0.6) is 0 Å². The zero-order chi connectivity index (χ0) is 19.6. The number of hydrogen-bond donors (Lipinski definition) is 2. The summed E-state index contributed by atoms with van der Waals surface area (Å²) in [6.45, 7) is 9.78. The summed E-state index contributed by atoms with van der Waals surface area (Å²) in [6.07, 6.45) is 0.887. The number of aryl methyl sites for hydroxylation is 1. The summed E-state index contributed by atoms with van der Waals surface area (Å²) >= 11 is 6.04. The van der Waals surface area contributed by atoms with Gasteiger partial charge in [-0.1, -0.05) is 23.7 Å². The SMILES string of the molecule is CCNC(=NCc1c(C)nn(CCOC)c1C)NCCc1cccc(Cl)c1. The van der Waals surface area contributed by atoms with Gasteiger partial charge in [-0.15, -0.1) is 0 Å². The van der Waals surface area contributed by atoms with Gasteiger partial charge in [0.2, 0.25) is 0 Å². The van der Waals surface area contributed by atoms with Crippen LogP contribution in [0.3, 0.4) is 0 Å². The Morgan fingerprint density at radius 2 is 2.11 bits per heavy atom. The van der Waals surface area contributed by atoms with Gasteiger partial charge in [-0.25, -0.2) is 4.99 Å². The molecule has 1 aromatic carbocycles. The van der Waals surface area contributed by atoms with Gasteiger partial charge in [0.15, 0.2) is 5.96 Å². The van der Waals surface area contributed by atoms with Crippen LogP contribution < -0.4 is 10.6 Å². The van der Waals surface area contributed by atoms with E-state index in [1.807, 2.05) is 29.8 Å². The lowest BCUT2D eigenvalue weighted by molar-refractivity contribution is 0.182. The van der Waals surface area contributed by atoms with Crippen LogP contribution in [0.25, 0.3) is 0 Å². The number of methoxy groups -OCH3 is 1. The van der Waals surface area contributed by atoms with Gasteiger partial charge < -0.3 is 15.4 Å². The predicted octanol–water partition coefficient (Wildman–Crippen LogP) is 3.10. The molecule has 0 fully saturated rings. The number of aliphatic imine (C=N–C) groups is 1. The molecule has 0 unspecified atom stereocenters. The summed E-state index contributed by atoms with van der Waals surface area (Å²) < 4.78 is 7.14. The van der Waals surface area contributed by atoms with Crippen molar-refractivity contribution < 1.29 is 4.74 Å². The second kappa shape index (κ2) is 10.9. The van der Waals surface area contributed by atoms with Crippen molar-refractivity contribution in [2.45, 2.75) is 40.3 Å². The maximum absolute atomic E-state index is 6.04. The number of nitrogens with one attached hydrogen (secondary N) is 2. The van der Waals surface area contributed by atoms with E-state index < -0.39 is 0 Å². The Morgan fingerprint density at radius 3 is 2.81 bits per heavy atom. The van der Waals surface area contributed by atoms with Gasteiger partial charge in [0.25, 0.3) is 0 Å². The molecule has 27 heavy (non-hydrogen) atoms. The first kappa shape index (κ1) is 21.3. The van der Waals surface area contributed by atoms with Crippen molar-refractivity contribution in [3.63, 3.8) is 0 Å². The van der Waals surface area contributed by atoms with E-state index in [1.165, 1.54) is 5.56 Å². The van der Waals surface area contributed by atoms with Gasteiger partial charge in [0, 0.05) is 36.5 Å². The summed E-state index contributed by atoms with van der Waals surface area (Å²) in [4.78, 5) is 4.73. The van der Waals surface area contributed by atoms with E-state index in [1.54, 1.807) is 7.11 Å². The molecule has 0 amide bonds. The molecule has 1 heterocycles. The minimum Gasteiger partial charge on any atom is -0.383 e. The van der Waals surface area contributed by atoms with E-state index >= 15 is 0 Å². The minimum atomic E-state index is 0.594. The van der Waals surface area contributed by atoms with Crippen LogP contribution in [0.15, 0.2) is 29.3 Å². The molecule has 2 N–H and O–H groups in total. The molecule has 2 rings (SSSR count). The quantitative estimate of drug-likeness (QED) is 0.509. The van der Waals surface area contributed by atoms with Gasteiger partial charge in [-0.2, -0.15) is 5.10 Å². The van der Waals surface area contributed by atoms with Crippen LogP contribution in [0, 0.1) is 13.8 Å². The lowest BCUT2D eigenvalue weighted by atomic mass is 10.1. The molecule has 1 aromatic heterocycles. The van der Waals surface area contributed by atoms with Crippen molar-refractivity contribution in [2.24, 2.45) is 4.99 Å². The second-order valence-corrected chi connectivity index (χ2v) is 6.80. The first-order valence-corrected chi connectivity index (χ1v) is 9.71. The predicted molar refractivity (Wildman–Crippen MR) is 112 cm³/mol. The van der Waals surface area contributed by atoms with Gasteiger partial charge in [-0.05, 0) is 44.9 Å². The third kappa shape index (κ3) is 6.56. The van der Waals surface area contributed by atoms with Gasteiger partial charge >= 0.3 is 0 Å². The van der Waals surface area contributed by atoms with Crippen molar-refractivity contribution in [2.75, 3.05) is 26.8 Å². The average molecular weight is 392 g/mol. The van der Waals surface area contributed by atoms with Crippen molar-refractivity contribution in [3.05, 3.63) is 51.8 Å². The van der Waals surface area contributed by atoms with Gasteiger partial charge in [0.1, 0.15) is 0 Å². The molecule has 0 radical (unpaired) electrons. The Bertz CT molecular complexity index is 757. The van der Waals surface area contributed by atoms with Crippen molar-refractivity contribution in [3.8, 4) is 0 Å². The average Bonchev–Trinajstić information content (AvgIpc) is 2.91. The normalized spacial score (nSPS) is 11.7. The zero-order valence-corrected chi connectivity index (χ0v) is 17.4. The zero-order valence-electron chi connectivity index (χ0n) is 16.7. The summed E-state index contributed by atoms with van der Waals surface area (Å²) in [5, 5.41) is 12.0. The molecule has 0 aliphatic heterocycles. The number of ether oxygens (including phenoxy) is 1. The molecular formula is C20H30ClN5O. The van der Waals surface area contributed by atoms with Crippen molar-refractivity contribution in [1.82, 2.24) is 20.4 Å². The molecule has 2 aromatic rings. The molecule has 148 valence electrons. The number of aromatic nitrogens is 2. The Morgan fingerprint density at radius 1 is 1.30 bits per heavy atom. The number of halogens is 1. The van der Waals surface area contributed by atoms with E-state index in [4.69, 9.17) is 21.3 Å². The van der Waals surface area contributed by atoms with Crippen molar-refractivity contribution in [1.29, 1.82) is 0 Å². The lowest BCUT2D eigenvalue weighted by Gasteiger charge is -2.11. The van der Waals surface area contributed by atoms with Crippen LogP contribution in [0.2, 0.25) is 5.02 Å². The molecule has 0 saturated heterocycles. The highest BCUT2D eigenvalue weighted by Gasteiger charge is 2.11. The topological polar surface area (TPSA) is 63.5 Å². The minimum absolute atomic E-state index is 0.594. The van der Waals surface area contributed by atoms with Crippen LogP contribution in [0.1, 0.15) is 29.4 Å². The van der Waals surface area contributed by atoms with E-state index in [2.05, 4.69) is 35.6 Å². The molecule has 0 saturated carbocycles. The van der Waals surface area contributed by atoms with Gasteiger partial charge in [-0.3, -0.25) is 4.68 Å². The van der Waals surface area contributed by atoms with Crippen LogP contribution in [-0.2, 0) is 24.2 Å². The largest absolute Gasteiger partial charge is 0.383 e. The monoisotopic (exact) mass is 391 g/mol. The molecule has 6 nitrogen and oxygen atoms in total. The number of hydrogen-bond acceptors (Lipinski definition) is 3. The van der Waals surface area contributed by atoms with E-state index in [0.717, 1.165) is 54.0 Å². The molecule has 0 spiro atoms. The Balaban J connectivity index is 1.97. The maximum Gasteiger partial charge on any atom is 0.191 e. The van der Waals surface area contributed by atoms with Gasteiger partial charge in [0.05, 0.1) is 25.4 Å². The Hall–Kier alpha value is -2.05. The lowest BCUT2D eigenvalue weighted by Crippen LogP contribution is -2.38. The highest BCUT2D eigenvalue weighted by molar-refractivity contribution is 6.30. The van der Waals surface area contributed by atoms with Crippen LogP contribution in [-0.4, -0.2) is 42.5 Å². The molecule has 0 aliphatic carbocycles. The summed E-state index contributed by atoms with van der Waals surface area (Å²) in [5.41, 5.74) is 4.53. The standard InChI is InChI=1S/C20H30ClN5O/c1-5-22-20(23-10-9-17-7-6-8-18(21)13-17)24-14-19-15(2)25-26(16(19)3)11-12-27-4/h6-8,13H,5,9-12,14H2,1-4H3,(H2,22,23,24). The van der Waals surface area contributed by atoms with Crippen LogP contribution >= 0.6 is 11.6 Å². The number of guanidine groups is 1. The van der Waals surface area contributed by atoms with E-state index in [9.17, 15) is 0 Å². The van der Waals surface area contributed by atoms with E-state index in [-0.39, 0.29) is 0 Å².